The normalized spacial score (nSPS) is 13.2. The van der Waals surface area contributed by atoms with E-state index >= 15 is 0 Å². The van der Waals surface area contributed by atoms with Crippen LogP contribution in [0.4, 0.5) is 38.0 Å². The van der Waals surface area contributed by atoms with Crippen molar-refractivity contribution in [3.8, 4) is 0 Å². The molecule has 0 radical (unpaired) electrons. The molecule has 4 rings (SSSR count). The lowest BCUT2D eigenvalue weighted by Gasteiger charge is -2.29. The number of anilines is 2. The Morgan fingerprint density at radius 2 is 1.58 bits per heavy atom. The minimum absolute atomic E-state index is 0.0519. The number of aromatic nitrogens is 2. The zero-order valence-electron chi connectivity index (χ0n) is 24.2. The molecule has 1 heterocycles. The maximum atomic E-state index is 13.6. The highest BCUT2D eigenvalue weighted by Crippen LogP contribution is 2.37. The smallest absolute Gasteiger partial charge is 0.416 e. The largest absolute Gasteiger partial charge is 0.469 e. The standard InChI is InChI=1S/C30H34F6N4O3/c1-4-39(11-6-5-10-27(41)42-3)26-15-22-9-7-8-21(22)14-23(26)18-40(28-37-19(2)43-38-28)17-20-12-24(29(31,32)33)16-25(13-20)30(34,35)36/h12-16H,4-11,17-18H2,1-3H3. The molecule has 13 heteroatoms. The van der Waals surface area contributed by atoms with Crippen LogP contribution in [0.5, 0.6) is 0 Å². The Balaban J connectivity index is 1.71. The summed E-state index contributed by atoms with van der Waals surface area (Å²) in [6.45, 7) is 4.62. The number of carbonyl (C=O) groups excluding carboxylic acids is 1. The molecule has 234 valence electrons. The predicted octanol–water partition coefficient (Wildman–Crippen LogP) is 7.28. The van der Waals surface area contributed by atoms with Crippen molar-refractivity contribution in [2.45, 2.75) is 77.8 Å². The Hall–Kier alpha value is -3.77. The number of methoxy groups -OCH3 is 1. The summed E-state index contributed by atoms with van der Waals surface area (Å²) in [5.41, 5.74) is 1.15. The second-order valence-corrected chi connectivity index (χ2v) is 10.6. The Kier molecular flexibility index (Phi) is 9.91. The van der Waals surface area contributed by atoms with Crippen LogP contribution < -0.4 is 9.80 Å². The summed E-state index contributed by atoms with van der Waals surface area (Å²) in [5.74, 6) is -0.0263. The molecule has 43 heavy (non-hydrogen) atoms. The minimum Gasteiger partial charge on any atom is -0.469 e. The number of nitrogens with zero attached hydrogens (tertiary/aromatic N) is 4. The van der Waals surface area contributed by atoms with Crippen LogP contribution in [-0.2, 0) is 47.8 Å². The van der Waals surface area contributed by atoms with Gasteiger partial charge in [-0.05, 0) is 90.7 Å². The molecule has 0 bridgehead atoms. The third-order valence-electron chi connectivity index (χ3n) is 7.48. The second-order valence-electron chi connectivity index (χ2n) is 10.6. The van der Waals surface area contributed by atoms with Gasteiger partial charge in [-0.1, -0.05) is 6.07 Å². The van der Waals surface area contributed by atoms with Crippen molar-refractivity contribution < 1.29 is 40.4 Å². The molecule has 0 unspecified atom stereocenters. The molecule has 0 saturated heterocycles. The number of halogens is 6. The fourth-order valence-electron chi connectivity index (χ4n) is 5.36. The summed E-state index contributed by atoms with van der Waals surface area (Å²) in [5, 5.41) is 3.94. The summed E-state index contributed by atoms with van der Waals surface area (Å²) in [4.78, 5) is 19.5. The van der Waals surface area contributed by atoms with Crippen LogP contribution in [0, 0.1) is 6.92 Å². The molecule has 7 nitrogen and oxygen atoms in total. The quantitative estimate of drug-likeness (QED) is 0.121. The van der Waals surface area contributed by atoms with Crippen molar-refractivity contribution in [1.82, 2.24) is 10.1 Å². The van der Waals surface area contributed by atoms with Gasteiger partial charge in [0.05, 0.1) is 18.2 Å². The third-order valence-corrected chi connectivity index (χ3v) is 7.48. The van der Waals surface area contributed by atoms with E-state index < -0.39 is 23.5 Å². The highest BCUT2D eigenvalue weighted by atomic mass is 19.4. The van der Waals surface area contributed by atoms with Crippen LogP contribution in [-0.4, -0.2) is 36.3 Å². The number of ether oxygens (including phenoxy) is 1. The molecule has 1 aromatic heterocycles. The lowest BCUT2D eigenvalue weighted by Crippen LogP contribution is -2.29. The summed E-state index contributed by atoms with van der Waals surface area (Å²) < 4.78 is 91.4. The second kappa shape index (κ2) is 13.3. The van der Waals surface area contributed by atoms with Gasteiger partial charge in [-0.3, -0.25) is 4.79 Å². The van der Waals surface area contributed by atoms with Crippen molar-refractivity contribution in [3.05, 3.63) is 69.6 Å². The number of alkyl halides is 6. The first kappa shape index (κ1) is 32.2. The molecule has 1 aliphatic rings. The van der Waals surface area contributed by atoms with Gasteiger partial charge in [0.2, 0.25) is 5.89 Å². The van der Waals surface area contributed by atoms with Gasteiger partial charge >= 0.3 is 18.3 Å². The van der Waals surface area contributed by atoms with Crippen LogP contribution in [0.15, 0.2) is 34.9 Å². The van der Waals surface area contributed by atoms with Crippen molar-refractivity contribution in [1.29, 1.82) is 0 Å². The first-order valence-electron chi connectivity index (χ1n) is 14.1. The van der Waals surface area contributed by atoms with E-state index in [0.717, 1.165) is 54.6 Å². The lowest BCUT2D eigenvalue weighted by molar-refractivity contribution is -0.143. The highest BCUT2D eigenvalue weighted by Gasteiger charge is 2.37. The van der Waals surface area contributed by atoms with Gasteiger partial charge < -0.3 is 19.1 Å². The summed E-state index contributed by atoms with van der Waals surface area (Å²) in [6.07, 6.45) is -5.50. The number of aryl methyl sites for hydroxylation is 3. The maximum Gasteiger partial charge on any atom is 0.416 e. The molecule has 0 N–H and O–H groups in total. The first-order chi connectivity index (χ1) is 20.3. The Labute approximate surface area is 245 Å². The highest BCUT2D eigenvalue weighted by molar-refractivity contribution is 5.69. The molecule has 2 aromatic carbocycles. The van der Waals surface area contributed by atoms with Crippen LogP contribution >= 0.6 is 0 Å². The van der Waals surface area contributed by atoms with E-state index in [1.807, 2.05) is 6.92 Å². The van der Waals surface area contributed by atoms with Crippen LogP contribution in [0.25, 0.3) is 0 Å². The zero-order valence-corrected chi connectivity index (χ0v) is 24.2. The molecule has 0 atom stereocenters. The van der Waals surface area contributed by atoms with Gasteiger partial charge in [-0.2, -0.15) is 31.3 Å². The number of unbranched alkanes of at least 4 members (excludes halogenated alkanes) is 1. The average molecular weight is 613 g/mol. The van der Waals surface area contributed by atoms with Gasteiger partial charge in [0.1, 0.15) is 0 Å². The Bertz CT molecular complexity index is 1390. The van der Waals surface area contributed by atoms with E-state index in [4.69, 9.17) is 9.26 Å². The SMILES string of the molecule is CCN(CCCCC(=O)OC)c1cc2c(cc1CN(Cc1cc(C(F)(F)F)cc(C(F)(F)F)c1)c1noc(C)n1)CCC2. The number of hydrogen-bond donors (Lipinski definition) is 0. The molecule has 0 amide bonds. The van der Waals surface area contributed by atoms with E-state index in [-0.39, 0.29) is 42.5 Å². The molecular formula is C30H34F6N4O3. The van der Waals surface area contributed by atoms with Crippen molar-refractivity contribution in [2.75, 3.05) is 30.0 Å². The average Bonchev–Trinajstić information content (AvgIpc) is 3.59. The topological polar surface area (TPSA) is 71.7 Å². The van der Waals surface area contributed by atoms with Crippen molar-refractivity contribution >= 4 is 17.6 Å². The van der Waals surface area contributed by atoms with E-state index in [1.165, 1.54) is 17.6 Å². The zero-order chi connectivity index (χ0) is 31.4. The number of benzene rings is 2. The fraction of sp³-hybridized carbons (Fsp3) is 0.500. The molecule has 3 aromatic rings. The molecule has 0 saturated carbocycles. The monoisotopic (exact) mass is 612 g/mol. The van der Waals surface area contributed by atoms with Gasteiger partial charge in [0, 0.05) is 45.2 Å². The maximum absolute atomic E-state index is 13.6. The number of esters is 1. The molecular weight excluding hydrogens is 578 g/mol. The lowest BCUT2D eigenvalue weighted by atomic mass is 10.0. The van der Waals surface area contributed by atoms with E-state index in [0.29, 0.717) is 25.9 Å². The van der Waals surface area contributed by atoms with Gasteiger partial charge in [-0.25, -0.2) is 0 Å². The molecule has 0 spiro atoms. The van der Waals surface area contributed by atoms with E-state index in [9.17, 15) is 31.1 Å². The Morgan fingerprint density at radius 1 is 0.930 bits per heavy atom. The summed E-state index contributed by atoms with van der Waals surface area (Å²) in [7, 11) is 1.35. The van der Waals surface area contributed by atoms with E-state index in [2.05, 4.69) is 27.2 Å². The summed E-state index contributed by atoms with van der Waals surface area (Å²) in [6, 6.07) is 5.73. The van der Waals surface area contributed by atoms with Gasteiger partial charge in [-0.15, -0.1) is 0 Å². The van der Waals surface area contributed by atoms with Crippen molar-refractivity contribution in [3.63, 3.8) is 0 Å². The Morgan fingerprint density at radius 3 is 2.14 bits per heavy atom. The van der Waals surface area contributed by atoms with E-state index in [1.54, 1.807) is 6.92 Å². The summed E-state index contributed by atoms with van der Waals surface area (Å²) >= 11 is 0. The van der Waals surface area contributed by atoms with Crippen LogP contribution in [0.3, 0.4) is 0 Å². The fourth-order valence-corrected chi connectivity index (χ4v) is 5.36. The third kappa shape index (κ3) is 8.20. The van der Waals surface area contributed by atoms with Crippen LogP contribution in [0.1, 0.15) is 71.9 Å². The molecule has 1 aliphatic carbocycles. The van der Waals surface area contributed by atoms with Crippen LogP contribution in [0.2, 0.25) is 0 Å². The number of hydrogen-bond acceptors (Lipinski definition) is 7. The minimum atomic E-state index is -4.97. The van der Waals surface area contributed by atoms with Gasteiger partial charge in [0.25, 0.3) is 5.95 Å². The van der Waals surface area contributed by atoms with Crippen molar-refractivity contribution in [2.24, 2.45) is 0 Å². The number of rotatable bonds is 12. The predicted molar refractivity (Wildman–Crippen MR) is 148 cm³/mol. The number of fused-ring (bicyclic) bond motifs is 1. The molecule has 0 aliphatic heterocycles. The number of carbonyl (C=O) groups is 1. The molecule has 0 fully saturated rings. The first-order valence-corrected chi connectivity index (χ1v) is 14.1. The van der Waals surface area contributed by atoms with Gasteiger partial charge in [0.15, 0.2) is 0 Å².